The van der Waals surface area contributed by atoms with Crippen LogP contribution in [0.2, 0.25) is 0 Å². The normalized spacial score (nSPS) is 21.1. The van der Waals surface area contributed by atoms with Gasteiger partial charge in [0.05, 0.1) is 0 Å². The molecule has 1 aliphatic rings. The van der Waals surface area contributed by atoms with Crippen molar-refractivity contribution in [2.24, 2.45) is 11.7 Å². The summed E-state index contributed by atoms with van der Waals surface area (Å²) in [7, 11) is 0. The molecule has 1 unspecified atom stereocenters. The van der Waals surface area contributed by atoms with Crippen molar-refractivity contribution in [2.75, 3.05) is 18.0 Å². The van der Waals surface area contributed by atoms with Crippen LogP contribution in [0.25, 0.3) is 0 Å². The van der Waals surface area contributed by atoms with Gasteiger partial charge in [-0.05, 0) is 31.0 Å². The number of anilines is 1. The zero-order valence-electron chi connectivity index (χ0n) is 8.81. The molecule has 1 aliphatic heterocycles. The van der Waals surface area contributed by atoms with Crippen LogP contribution in [0.3, 0.4) is 0 Å². The van der Waals surface area contributed by atoms with E-state index in [2.05, 4.69) is 4.98 Å². The van der Waals surface area contributed by atoms with Gasteiger partial charge < -0.3 is 10.6 Å². The van der Waals surface area contributed by atoms with Gasteiger partial charge in [0.2, 0.25) is 5.91 Å². The van der Waals surface area contributed by atoms with Crippen molar-refractivity contribution in [3.63, 3.8) is 0 Å². The SMILES string of the molecule is Cc1cnccc1N1CC(CN)CC1=O. The van der Waals surface area contributed by atoms with Gasteiger partial charge in [0.1, 0.15) is 0 Å². The Morgan fingerprint density at radius 2 is 2.47 bits per heavy atom. The van der Waals surface area contributed by atoms with Crippen LogP contribution < -0.4 is 10.6 Å². The van der Waals surface area contributed by atoms with E-state index in [0.29, 0.717) is 18.9 Å². The highest BCUT2D eigenvalue weighted by Crippen LogP contribution is 2.26. The van der Waals surface area contributed by atoms with Crippen LogP contribution >= 0.6 is 0 Å². The Hall–Kier alpha value is -1.42. The summed E-state index contributed by atoms with van der Waals surface area (Å²) in [6.45, 7) is 3.28. The third-order valence-electron chi connectivity index (χ3n) is 2.82. The van der Waals surface area contributed by atoms with Gasteiger partial charge in [-0.3, -0.25) is 9.78 Å². The number of carbonyl (C=O) groups is 1. The first kappa shape index (κ1) is 10.1. The molecule has 1 aromatic heterocycles. The smallest absolute Gasteiger partial charge is 0.227 e. The lowest BCUT2D eigenvalue weighted by atomic mass is 10.1. The first-order valence-electron chi connectivity index (χ1n) is 5.13. The molecule has 1 saturated heterocycles. The fourth-order valence-electron chi connectivity index (χ4n) is 1.94. The molecule has 2 rings (SSSR count). The number of nitrogens with zero attached hydrogens (tertiary/aromatic N) is 2. The number of pyridine rings is 1. The van der Waals surface area contributed by atoms with Gasteiger partial charge in [-0.25, -0.2) is 0 Å². The summed E-state index contributed by atoms with van der Waals surface area (Å²) < 4.78 is 0. The van der Waals surface area contributed by atoms with E-state index in [1.165, 1.54) is 0 Å². The molecule has 1 aromatic rings. The van der Waals surface area contributed by atoms with Gasteiger partial charge in [-0.2, -0.15) is 0 Å². The first-order valence-corrected chi connectivity index (χ1v) is 5.13. The van der Waals surface area contributed by atoms with Gasteiger partial charge in [-0.1, -0.05) is 0 Å². The lowest BCUT2D eigenvalue weighted by Crippen LogP contribution is -2.26. The molecule has 0 saturated carbocycles. The van der Waals surface area contributed by atoms with E-state index in [0.717, 1.165) is 17.8 Å². The van der Waals surface area contributed by atoms with E-state index >= 15 is 0 Å². The Labute approximate surface area is 89.1 Å². The van der Waals surface area contributed by atoms with Gasteiger partial charge in [0.15, 0.2) is 0 Å². The summed E-state index contributed by atoms with van der Waals surface area (Å²) in [5.41, 5.74) is 7.58. The lowest BCUT2D eigenvalue weighted by Gasteiger charge is -2.18. The van der Waals surface area contributed by atoms with Crippen molar-refractivity contribution < 1.29 is 4.79 Å². The predicted octanol–water partition coefficient (Wildman–Crippen LogP) is 0.702. The Bertz CT molecular complexity index is 378. The van der Waals surface area contributed by atoms with E-state index in [9.17, 15) is 4.79 Å². The zero-order valence-corrected chi connectivity index (χ0v) is 8.81. The van der Waals surface area contributed by atoms with Crippen LogP contribution in [0, 0.1) is 12.8 Å². The van der Waals surface area contributed by atoms with E-state index < -0.39 is 0 Å². The van der Waals surface area contributed by atoms with Gasteiger partial charge in [-0.15, -0.1) is 0 Å². The van der Waals surface area contributed by atoms with E-state index in [-0.39, 0.29) is 5.91 Å². The molecule has 0 aromatic carbocycles. The summed E-state index contributed by atoms with van der Waals surface area (Å²) in [6, 6.07) is 1.88. The van der Waals surface area contributed by atoms with Crippen molar-refractivity contribution in [2.45, 2.75) is 13.3 Å². The Morgan fingerprint density at radius 1 is 1.67 bits per heavy atom. The molecule has 15 heavy (non-hydrogen) atoms. The number of aryl methyl sites for hydroxylation is 1. The van der Waals surface area contributed by atoms with Crippen molar-refractivity contribution >= 4 is 11.6 Å². The minimum Gasteiger partial charge on any atom is -0.330 e. The van der Waals surface area contributed by atoms with Crippen LogP contribution in [0.5, 0.6) is 0 Å². The summed E-state index contributed by atoms with van der Waals surface area (Å²) in [5, 5.41) is 0. The molecule has 0 spiro atoms. The molecule has 4 heteroatoms. The minimum atomic E-state index is 0.166. The Balaban J connectivity index is 2.25. The average molecular weight is 205 g/mol. The number of rotatable bonds is 2. The predicted molar refractivity (Wildman–Crippen MR) is 58.5 cm³/mol. The summed E-state index contributed by atoms with van der Waals surface area (Å²) in [5.74, 6) is 0.463. The minimum absolute atomic E-state index is 0.166. The maximum Gasteiger partial charge on any atom is 0.227 e. The highest BCUT2D eigenvalue weighted by Gasteiger charge is 2.30. The molecule has 2 heterocycles. The molecule has 0 bridgehead atoms. The summed E-state index contributed by atoms with van der Waals surface area (Å²) in [6.07, 6.45) is 4.06. The van der Waals surface area contributed by atoms with Crippen LogP contribution in [0.15, 0.2) is 18.5 Å². The number of hydrogen-bond donors (Lipinski definition) is 1. The molecule has 1 amide bonds. The third kappa shape index (κ3) is 1.85. The fraction of sp³-hybridized carbons (Fsp3) is 0.455. The highest BCUT2D eigenvalue weighted by molar-refractivity contribution is 5.96. The molecule has 0 radical (unpaired) electrons. The van der Waals surface area contributed by atoms with Crippen molar-refractivity contribution in [1.29, 1.82) is 0 Å². The molecule has 0 aliphatic carbocycles. The van der Waals surface area contributed by atoms with Crippen LogP contribution in [0.4, 0.5) is 5.69 Å². The topological polar surface area (TPSA) is 59.2 Å². The van der Waals surface area contributed by atoms with E-state index in [4.69, 9.17) is 5.73 Å². The zero-order chi connectivity index (χ0) is 10.8. The molecule has 2 N–H and O–H groups in total. The van der Waals surface area contributed by atoms with Gasteiger partial charge >= 0.3 is 0 Å². The van der Waals surface area contributed by atoms with Crippen LogP contribution in [-0.2, 0) is 4.79 Å². The molecular formula is C11H15N3O. The lowest BCUT2D eigenvalue weighted by molar-refractivity contribution is -0.117. The van der Waals surface area contributed by atoms with Crippen molar-refractivity contribution in [3.05, 3.63) is 24.0 Å². The largest absolute Gasteiger partial charge is 0.330 e. The maximum atomic E-state index is 11.7. The second-order valence-electron chi connectivity index (χ2n) is 3.97. The van der Waals surface area contributed by atoms with Crippen LogP contribution in [-0.4, -0.2) is 24.0 Å². The molecule has 1 atom stereocenters. The molecule has 4 nitrogen and oxygen atoms in total. The number of amides is 1. The maximum absolute atomic E-state index is 11.7. The molecular weight excluding hydrogens is 190 g/mol. The monoisotopic (exact) mass is 205 g/mol. The quantitative estimate of drug-likeness (QED) is 0.773. The standard InChI is InChI=1S/C11H15N3O/c1-8-6-13-3-2-10(8)14-7-9(5-12)4-11(14)15/h2-3,6,9H,4-5,7,12H2,1H3. The number of nitrogens with two attached hydrogens (primary N) is 1. The second-order valence-corrected chi connectivity index (χ2v) is 3.97. The van der Waals surface area contributed by atoms with Crippen molar-refractivity contribution in [1.82, 2.24) is 4.98 Å². The highest BCUT2D eigenvalue weighted by atomic mass is 16.2. The fourth-order valence-corrected chi connectivity index (χ4v) is 1.94. The van der Waals surface area contributed by atoms with Crippen molar-refractivity contribution in [3.8, 4) is 0 Å². The first-order chi connectivity index (χ1) is 7.22. The van der Waals surface area contributed by atoms with Crippen LogP contribution in [0.1, 0.15) is 12.0 Å². The summed E-state index contributed by atoms with van der Waals surface area (Å²) in [4.78, 5) is 17.6. The Kier molecular flexibility index (Phi) is 2.68. The molecule has 1 fully saturated rings. The van der Waals surface area contributed by atoms with Gasteiger partial charge in [0, 0.05) is 31.0 Å². The summed E-state index contributed by atoms with van der Waals surface area (Å²) >= 11 is 0. The van der Waals surface area contributed by atoms with Gasteiger partial charge in [0.25, 0.3) is 0 Å². The average Bonchev–Trinajstić information content (AvgIpc) is 2.60. The number of hydrogen-bond acceptors (Lipinski definition) is 3. The Morgan fingerprint density at radius 3 is 3.07 bits per heavy atom. The van der Waals surface area contributed by atoms with E-state index in [1.54, 1.807) is 12.4 Å². The second kappa shape index (κ2) is 3.98. The third-order valence-corrected chi connectivity index (χ3v) is 2.82. The van der Waals surface area contributed by atoms with E-state index in [1.807, 2.05) is 17.9 Å². The molecule has 80 valence electrons. The number of aromatic nitrogens is 1. The number of carbonyl (C=O) groups excluding carboxylic acids is 1.